The summed E-state index contributed by atoms with van der Waals surface area (Å²) in [7, 11) is 0. The number of carboxylic acids is 1. The van der Waals surface area contributed by atoms with Gasteiger partial charge in [0.05, 0.1) is 0 Å². The second-order valence-corrected chi connectivity index (χ2v) is 6.99. The van der Waals surface area contributed by atoms with Crippen LogP contribution in [0.5, 0.6) is 0 Å². The van der Waals surface area contributed by atoms with Crippen molar-refractivity contribution in [2.24, 2.45) is 5.41 Å². The number of fused-ring (bicyclic) bond motifs is 3. The van der Waals surface area contributed by atoms with Crippen LogP contribution < -0.4 is 5.32 Å². The molecule has 0 spiro atoms. The number of carbonyl (C=O) groups excluding carboxylic acids is 1. The first kappa shape index (κ1) is 16.8. The molecule has 5 nitrogen and oxygen atoms in total. The summed E-state index contributed by atoms with van der Waals surface area (Å²) in [6.45, 7) is 1.01. The number of carboxylic acid groups (broad SMARTS) is 1. The van der Waals surface area contributed by atoms with Gasteiger partial charge in [-0.2, -0.15) is 0 Å². The molecule has 26 heavy (non-hydrogen) atoms. The maximum Gasteiger partial charge on any atom is 0.324 e. The summed E-state index contributed by atoms with van der Waals surface area (Å²) in [5.41, 5.74) is 3.06. The molecule has 5 heteroatoms. The van der Waals surface area contributed by atoms with E-state index in [1.54, 1.807) is 0 Å². The van der Waals surface area contributed by atoms with Gasteiger partial charge in [0.1, 0.15) is 6.61 Å². The summed E-state index contributed by atoms with van der Waals surface area (Å²) >= 11 is 0. The zero-order chi connectivity index (χ0) is 18.1. The Labute approximate surface area is 152 Å². The minimum atomic E-state index is -1.48. The number of benzene rings is 2. The molecule has 0 saturated carbocycles. The zero-order valence-corrected chi connectivity index (χ0v) is 14.4. The second kappa shape index (κ2) is 6.57. The molecule has 4 rings (SSSR count). The highest BCUT2D eigenvalue weighted by Crippen LogP contribution is 2.44. The zero-order valence-electron chi connectivity index (χ0n) is 14.4. The van der Waals surface area contributed by atoms with Crippen molar-refractivity contribution < 1.29 is 19.4 Å². The highest BCUT2D eigenvalue weighted by Gasteiger charge is 2.49. The number of ether oxygens (including phenoxy) is 1. The van der Waals surface area contributed by atoms with E-state index in [0.29, 0.717) is 12.8 Å². The van der Waals surface area contributed by atoms with Crippen LogP contribution in [0.1, 0.15) is 29.9 Å². The molecule has 0 radical (unpaired) electrons. The molecule has 0 amide bonds. The van der Waals surface area contributed by atoms with Crippen LogP contribution >= 0.6 is 0 Å². The van der Waals surface area contributed by atoms with E-state index in [-0.39, 0.29) is 19.1 Å². The normalized spacial score (nSPS) is 21.7. The summed E-state index contributed by atoms with van der Waals surface area (Å²) in [5, 5.41) is 12.6. The number of hydrogen-bond donors (Lipinski definition) is 2. The monoisotopic (exact) mass is 351 g/mol. The summed E-state index contributed by atoms with van der Waals surface area (Å²) < 4.78 is 5.58. The highest BCUT2D eigenvalue weighted by molar-refractivity contribution is 5.99. The van der Waals surface area contributed by atoms with Gasteiger partial charge in [0, 0.05) is 12.5 Å². The lowest BCUT2D eigenvalue weighted by Gasteiger charge is -2.31. The van der Waals surface area contributed by atoms with Gasteiger partial charge in [-0.1, -0.05) is 48.5 Å². The lowest BCUT2D eigenvalue weighted by atomic mass is 9.81. The lowest BCUT2D eigenvalue weighted by molar-refractivity contribution is -0.170. The van der Waals surface area contributed by atoms with Crippen LogP contribution in [-0.4, -0.2) is 36.7 Å². The maximum absolute atomic E-state index is 12.7. The largest absolute Gasteiger partial charge is 0.480 e. The highest BCUT2D eigenvalue weighted by atomic mass is 16.5. The van der Waals surface area contributed by atoms with Crippen molar-refractivity contribution in [3.63, 3.8) is 0 Å². The molecule has 1 heterocycles. The van der Waals surface area contributed by atoms with Gasteiger partial charge in [-0.05, 0) is 41.6 Å². The number of nitrogens with one attached hydrogen (secondary N) is 1. The molecule has 1 aliphatic heterocycles. The molecule has 0 aromatic heterocycles. The van der Waals surface area contributed by atoms with Crippen molar-refractivity contribution in [2.45, 2.75) is 18.8 Å². The molecule has 1 atom stereocenters. The average Bonchev–Trinajstić information content (AvgIpc) is 3.00. The molecule has 2 aromatic carbocycles. The standard InChI is InChI=1S/C21H21NO4/c23-19(24)21(10-5-11-22-13-21)20(25)26-12-18-16-8-3-1-6-14(16)15-7-2-4-9-17(15)18/h1-4,6-9,18,22H,5,10-13H2,(H,23,24)/t21-/m0/s1. The van der Waals surface area contributed by atoms with Gasteiger partial charge in [0.25, 0.3) is 0 Å². The first-order valence-corrected chi connectivity index (χ1v) is 8.93. The van der Waals surface area contributed by atoms with E-state index in [0.717, 1.165) is 28.8 Å². The number of piperidine rings is 1. The van der Waals surface area contributed by atoms with E-state index in [2.05, 4.69) is 17.4 Å². The van der Waals surface area contributed by atoms with Crippen LogP contribution in [0.15, 0.2) is 48.5 Å². The summed E-state index contributed by atoms with van der Waals surface area (Å²) in [4.78, 5) is 24.5. The molecule has 1 fully saturated rings. The molecule has 1 saturated heterocycles. The van der Waals surface area contributed by atoms with E-state index in [1.165, 1.54) is 0 Å². The molecule has 2 N–H and O–H groups in total. The molecule has 0 unspecified atom stereocenters. The van der Waals surface area contributed by atoms with Crippen molar-refractivity contribution in [1.82, 2.24) is 5.32 Å². The van der Waals surface area contributed by atoms with E-state index < -0.39 is 17.4 Å². The Morgan fingerprint density at radius 1 is 1.08 bits per heavy atom. The molecule has 134 valence electrons. The SMILES string of the molecule is O=C(O)[C@]1(C(=O)OCC2c3ccccc3-c3ccccc32)CCCNC1. The first-order valence-electron chi connectivity index (χ1n) is 8.93. The number of carbonyl (C=O) groups is 2. The number of aliphatic carboxylic acids is 1. The summed E-state index contributed by atoms with van der Waals surface area (Å²) in [6, 6.07) is 16.2. The van der Waals surface area contributed by atoms with Gasteiger partial charge in [-0.3, -0.25) is 9.59 Å². The van der Waals surface area contributed by atoms with Crippen LogP contribution in [-0.2, 0) is 14.3 Å². The average molecular weight is 351 g/mol. The first-order chi connectivity index (χ1) is 12.6. The minimum absolute atomic E-state index is 0.0613. The predicted octanol–water partition coefficient (Wildman–Crippen LogP) is 2.80. The Balaban J connectivity index is 1.58. The molecule has 2 aliphatic rings. The van der Waals surface area contributed by atoms with Gasteiger partial charge in [-0.25, -0.2) is 0 Å². The summed E-state index contributed by atoms with van der Waals surface area (Å²) in [6.07, 6.45) is 0.961. The molecule has 1 aliphatic carbocycles. The minimum Gasteiger partial charge on any atom is -0.480 e. The Morgan fingerprint density at radius 2 is 1.69 bits per heavy atom. The fraction of sp³-hybridized carbons (Fsp3) is 0.333. The van der Waals surface area contributed by atoms with Crippen LogP contribution in [0.25, 0.3) is 11.1 Å². The van der Waals surface area contributed by atoms with Crippen LogP contribution in [0.4, 0.5) is 0 Å². The van der Waals surface area contributed by atoms with Crippen molar-refractivity contribution in [1.29, 1.82) is 0 Å². The second-order valence-electron chi connectivity index (χ2n) is 6.99. The molecule has 0 bridgehead atoms. The third kappa shape index (κ3) is 2.59. The third-order valence-corrected chi connectivity index (χ3v) is 5.53. The van der Waals surface area contributed by atoms with Crippen LogP contribution in [0.3, 0.4) is 0 Å². The van der Waals surface area contributed by atoms with Gasteiger partial charge >= 0.3 is 11.9 Å². The third-order valence-electron chi connectivity index (χ3n) is 5.53. The quantitative estimate of drug-likeness (QED) is 0.654. The fourth-order valence-electron chi connectivity index (χ4n) is 4.09. The predicted molar refractivity (Wildman–Crippen MR) is 96.9 cm³/mol. The van der Waals surface area contributed by atoms with E-state index in [9.17, 15) is 14.7 Å². The number of esters is 1. The van der Waals surface area contributed by atoms with E-state index in [1.807, 2.05) is 36.4 Å². The maximum atomic E-state index is 12.7. The smallest absolute Gasteiger partial charge is 0.324 e. The Morgan fingerprint density at radius 3 is 2.23 bits per heavy atom. The van der Waals surface area contributed by atoms with Crippen molar-refractivity contribution in [2.75, 3.05) is 19.7 Å². The fourth-order valence-corrected chi connectivity index (χ4v) is 4.09. The van der Waals surface area contributed by atoms with Gasteiger partial charge in [0.15, 0.2) is 5.41 Å². The van der Waals surface area contributed by atoms with E-state index in [4.69, 9.17) is 4.74 Å². The molecular formula is C21H21NO4. The molecule has 2 aromatic rings. The van der Waals surface area contributed by atoms with Crippen LogP contribution in [0.2, 0.25) is 0 Å². The van der Waals surface area contributed by atoms with Crippen molar-refractivity contribution >= 4 is 11.9 Å². The van der Waals surface area contributed by atoms with E-state index >= 15 is 0 Å². The lowest BCUT2D eigenvalue weighted by Crippen LogP contribution is -2.51. The van der Waals surface area contributed by atoms with Crippen molar-refractivity contribution in [3.05, 3.63) is 59.7 Å². The number of rotatable bonds is 4. The van der Waals surface area contributed by atoms with Crippen molar-refractivity contribution in [3.8, 4) is 11.1 Å². The topological polar surface area (TPSA) is 75.6 Å². The Bertz CT molecular complexity index is 809. The summed E-state index contributed by atoms with van der Waals surface area (Å²) in [5.74, 6) is -1.81. The van der Waals surface area contributed by atoms with Gasteiger partial charge in [-0.15, -0.1) is 0 Å². The Kier molecular flexibility index (Phi) is 4.24. The molecular weight excluding hydrogens is 330 g/mol. The van der Waals surface area contributed by atoms with Gasteiger partial charge < -0.3 is 15.2 Å². The van der Waals surface area contributed by atoms with Crippen LogP contribution in [0, 0.1) is 5.41 Å². The Hall–Kier alpha value is -2.66. The number of hydrogen-bond acceptors (Lipinski definition) is 4. The van der Waals surface area contributed by atoms with Gasteiger partial charge in [0.2, 0.25) is 0 Å².